The van der Waals surface area contributed by atoms with Crippen LogP contribution in [-0.2, 0) is 23.7 Å². The van der Waals surface area contributed by atoms with Crippen LogP contribution in [0, 0.1) is 34.5 Å². The summed E-state index contributed by atoms with van der Waals surface area (Å²) in [6, 6.07) is 0. The molecule has 0 spiro atoms. The number of carbonyl (C=O) groups excluding carboxylic acids is 1. The van der Waals surface area contributed by atoms with Gasteiger partial charge in [-0.2, -0.15) is 0 Å². The molecule has 4 aliphatic carbocycles. The van der Waals surface area contributed by atoms with Crippen molar-refractivity contribution in [3.8, 4) is 0 Å². The molecule has 2 aliphatic heterocycles. The molecule has 6 aliphatic rings. The Hall–Kier alpha value is -0.990. The number of methoxy groups -OCH3 is 1. The van der Waals surface area contributed by atoms with Gasteiger partial charge in [-0.15, -0.1) is 0 Å². The van der Waals surface area contributed by atoms with E-state index in [2.05, 4.69) is 13.8 Å². The maximum atomic E-state index is 12.4. The third kappa shape index (κ3) is 3.97. The van der Waals surface area contributed by atoms with E-state index in [-0.39, 0.29) is 47.3 Å². The van der Waals surface area contributed by atoms with Crippen LogP contribution in [0.3, 0.4) is 0 Å². The minimum Gasteiger partial charge on any atom is -0.458 e. The second-order valence-electron chi connectivity index (χ2n) is 13.6. The Morgan fingerprint density at radius 2 is 1.84 bits per heavy atom. The molecule has 0 aromatic carbocycles. The average Bonchev–Trinajstić information content (AvgIpc) is 3.41. The molecule has 0 unspecified atom stereocenters. The second kappa shape index (κ2) is 9.29. The summed E-state index contributed by atoms with van der Waals surface area (Å²) in [5.74, 6) is 1.45. The smallest absolute Gasteiger partial charge is 0.331 e. The lowest BCUT2D eigenvalue weighted by atomic mass is 9.43. The molecular weight excluding hydrogens is 472 g/mol. The summed E-state index contributed by atoms with van der Waals surface area (Å²) in [7, 11) is 1.64. The monoisotopic (exact) mass is 518 g/mol. The Balaban J connectivity index is 1.15. The maximum absolute atomic E-state index is 12.4. The van der Waals surface area contributed by atoms with E-state index in [0.29, 0.717) is 30.8 Å². The largest absolute Gasteiger partial charge is 0.458 e. The first kappa shape index (κ1) is 26.2. The van der Waals surface area contributed by atoms with Crippen molar-refractivity contribution >= 4 is 5.97 Å². The van der Waals surface area contributed by atoms with Gasteiger partial charge in [0.2, 0.25) is 0 Å². The second-order valence-corrected chi connectivity index (χ2v) is 13.6. The van der Waals surface area contributed by atoms with Crippen LogP contribution in [0.2, 0.25) is 0 Å². The number of fused-ring (bicyclic) bond motifs is 5. The van der Waals surface area contributed by atoms with Gasteiger partial charge < -0.3 is 29.2 Å². The zero-order chi connectivity index (χ0) is 26.2. The summed E-state index contributed by atoms with van der Waals surface area (Å²) in [6.45, 7) is 7.07. The van der Waals surface area contributed by atoms with Gasteiger partial charge in [0, 0.05) is 25.0 Å². The van der Waals surface area contributed by atoms with Crippen LogP contribution in [-0.4, -0.2) is 66.2 Å². The minimum absolute atomic E-state index is 0.166. The zero-order valence-electron chi connectivity index (χ0n) is 23.0. The number of aliphatic hydroxyl groups is 2. The van der Waals surface area contributed by atoms with Crippen molar-refractivity contribution in [3.63, 3.8) is 0 Å². The Morgan fingerprint density at radius 3 is 2.57 bits per heavy atom. The van der Waals surface area contributed by atoms with Crippen LogP contribution >= 0.6 is 0 Å². The molecule has 0 amide bonds. The highest BCUT2D eigenvalue weighted by molar-refractivity contribution is 5.85. The highest BCUT2D eigenvalue weighted by Crippen LogP contribution is 2.70. The number of esters is 1. The van der Waals surface area contributed by atoms with Crippen molar-refractivity contribution in [2.75, 3.05) is 13.7 Å². The van der Waals surface area contributed by atoms with Crippen LogP contribution in [0.4, 0.5) is 0 Å². The molecule has 5 fully saturated rings. The SMILES string of the molecule is CO[C@H]1C[C@H](O[C@H]2CC[C@@]3(C)[C@H](CC[C@@H]4[C@@H]3CC[C@]3(C)[C@@H](C5=CC(=O)OC5)CC[C@]43O)C2)O[C@@H](C)[C@@H]1O. The van der Waals surface area contributed by atoms with Crippen LogP contribution < -0.4 is 0 Å². The lowest BCUT2D eigenvalue weighted by Crippen LogP contribution is -2.62. The van der Waals surface area contributed by atoms with Crippen LogP contribution in [0.25, 0.3) is 0 Å². The van der Waals surface area contributed by atoms with Crippen molar-refractivity contribution < 1.29 is 34.0 Å². The van der Waals surface area contributed by atoms with Gasteiger partial charge in [0.25, 0.3) is 0 Å². The third-order valence-electron chi connectivity index (χ3n) is 12.2. The molecule has 7 heteroatoms. The van der Waals surface area contributed by atoms with Gasteiger partial charge in [0.15, 0.2) is 6.29 Å². The summed E-state index contributed by atoms with van der Waals surface area (Å²) in [5.41, 5.74) is 0.461. The molecule has 2 heterocycles. The Labute approximate surface area is 221 Å². The highest BCUT2D eigenvalue weighted by atomic mass is 16.7. The molecule has 0 aromatic heterocycles. The van der Waals surface area contributed by atoms with E-state index in [0.717, 1.165) is 63.4 Å². The fourth-order valence-corrected chi connectivity index (χ4v) is 10.0. The van der Waals surface area contributed by atoms with E-state index in [1.807, 2.05) is 6.92 Å². The Bertz CT molecular complexity index is 935. The molecule has 0 aromatic rings. The summed E-state index contributed by atoms with van der Waals surface area (Å²) >= 11 is 0. The van der Waals surface area contributed by atoms with Crippen molar-refractivity contribution in [3.05, 3.63) is 11.6 Å². The summed E-state index contributed by atoms with van der Waals surface area (Å²) in [5, 5.41) is 22.7. The summed E-state index contributed by atoms with van der Waals surface area (Å²) < 4.78 is 23.2. The lowest BCUT2D eigenvalue weighted by molar-refractivity contribution is -0.273. The minimum atomic E-state index is -0.670. The number of hydrogen-bond donors (Lipinski definition) is 2. The van der Waals surface area contributed by atoms with Gasteiger partial charge in [-0.25, -0.2) is 4.79 Å². The molecule has 0 bridgehead atoms. The number of ether oxygens (including phenoxy) is 4. The summed E-state index contributed by atoms with van der Waals surface area (Å²) in [4.78, 5) is 11.8. The number of cyclic esters (lactones) is 1. The Kier molecular flexibility index (Phi) is 6.59. The zero-order valence-corrected chi connectivity index (χ0v) is 23.0. The molecule has 6 rings (SSSR count). The molecule has 0 radical (unpaired) electrons. The van der Waals surface area contributed by atoms with E-state index in [9.17, 15) is 15.0 Å². The standard InChI is InChI=1S/C30H46O7/c1-17-27(32)24(34-4)15-26(36-17)37-20-7-10-28(2)19(14-20)5-6-23-22(28)8-11-29(3)21(9-12-30(23,29)33)18-13-25(31)35-16-18/h13,17,19-24,26-27,32-33H,5-12,14-16H2,1-4H3/t17-,19+,20-,21+,22-,23+,24-,26-,27-,28-,29+,30-/m0/s1. The first-order valence-electron chi connectivity index (χ1n) is 14.7. The molecule has 12 atom stereocenters. The Morgan fingerprint density at radius 1 is 1.03 bits per heavy atom. The van der Waals surface area contributed by atoms with E-state index in [1.54, 1.807) is 13.2 Å². The molecule has 208 valence electrons. The molecular formula is C30H46O7. The van der Waals surface area contributed by atoms with Gasteiger partial charge in [-0.05, 0) is 99.4 Å². The van der Waals surface area contributed by atoms with E-state index >= 15 is 0 Å². The van der Waals surface area contributed by atoms with Gasteiger partial charge in [-0.3, -0.25) is 0 Å². The number of hydrogen-bond acceptors (Lipinski definition) is 7. The van der Waals surface area contributed by atoms with Crippen molar-refractivity contribution in [1.29, 1.82) is 0 Å². The summed E-state index contributed by atoms with van der Waals surface area (Å²) in [6.07, 6.45) is 10.2. The normalized spacial score (nSPS) is 53.6. The molecule has 4 saturated carbocycles. The predicted octanol–water partition coefficient (Wildman–Crippen LogP) is 4.14. The average molecular weight is 519 g/mol. The van der Waals surface area contributed by atoms with Crippen molar-refractivity contribution in [2.24, 2.45) is 34.5 Å². The van der Waals surface area contributed by atoms with E-state index in [4.69, 9.17) is 18.9 Å². The third-order valence-corrected chi connectivity index (χ3v) is 12.2. The maximum Gasteiger partial charge on any atom is 0.331 e. The predicted molar refractivity (Wildman–Crippen MR) is 136 cm³/mol. The van der Waals surface area contributed by atoms with Crippen LogP contribution in [0.1, 0.15) is 85.0 Å². The van der Waals surface area contributed by atoms with Gasteiger partial charge in [0.1, 0.15) is 12.7 Å². The molecule has 1 saturated heterocycles. The van der Waals surface area contributed by atoms with Crippen LogP contribution in [0.15, 0.2) is 11.6 Å². The van der Waals surface area contributed by atoms with Crippen LogP contribution in [0.5, 0.6) is 0 Å². The number of carbonyl (C=O) groups is 1. The van der Waals surface area contributed by atoms with Gasteiger partial charge in [-0.1, -0.05) is 13.8 Å². The quantitative estimate of drug-likeness (QED) is 0.427. The van der Waals surface area contributed by atoms with Gasteiger partial charge >= 0.3 is 5.97 Å². The molecule has 2 N–H and O–H groups in total. The van der Waals surface area contributed by atoms with E-state index in [1.165, 1.54) is 0 Å². The fourth-order valence-electron chi connectivity index (χ4n) is 10.0. The molecule has 37 heavy (non-hydrogen) atoms. The number of aliphatic hydroxyl groups excluding tert-OH is 1. The number of rotatable bonds is 4. The first-order valence-corrected chi connectivity index (χ1v) is 14.7. The fraction of sp³-hybridized carbons (Fsp3) is 0.900. The van der Waals surface area contributed by atoms with E-state index < -0.39 is 11.7 Å². The van der Waals surface area contributed by atoms with Gasteiger partial charge in [0.05, 0.1) is 23.9 Å². The van der Waals surface area contributed by atoms with Crippen molar-refractivity contribution in [1.82, 2.24) is 0 Å². The molecule has 7 nitrogen and oxygen atoms in total. The lowest BCUT2D eigenvalue weighted by Gasteiger charge is -2.64. The highest BCUT2D eigenvalue weighted by Gasteiger charge is 2.67. The first-order chi connectivity index (χ1) is 17.6. The topological polar surface area (TPSA) is 94.5 Å². The van der Waals surface area contributed by atoms with Crippen molar-refractivity contribution in [2.45, 2.75) is 121 Å².